The maximum absolute atomic E-state index is 13.1. The van der Waals surface area contributed by atoms with Crippen LogP contribution >= 0.6 is 0 Å². The highest BCUT2D eigenvalue weighted by atomic mass is 16.8. The van der Waals surface area contributed by atoms with Gasteiger partial charge in [0.1, 0.15) is 97.6 Å². The molecule has 0 aromatic carbocycles. The van der Waals surface area contributed by atoms with Crippen molar-refractivity contribution < 1.29 is 133 Å². The van der Waals surface area contributed by atoms with Gasteiger partial charge in [-0.1, -0.05) is 0 Å². The van der Waals surface area contributed by atoms with Gasteiger partial charge in [-0.25, -0.2) is 4.79 Å². The molecule has 16 N–H and O–H groups in total. The quantitative estimate of drug-likeness (QED) is 0.0571. The van der Waals surface area contributed by atoms with Crippen LogP contribution in [0, 0.1) is 0 Å². The SMILES string of the molecule is CCO[C@@H]1O[C@H](CO)[C@H](O)[C@H](O[C@@H]2O[C@H](CO)[C@@H](O[C@@H]3O[C@H](CO)[C@H](O)[C@H](O[C@]4(C(=O)O)C[C@H](O)[C@@H](NC(C)=O)[C@H]([C@H](O)[C@H](O)CO)O4)[C@H]3O)[C@H](O[C@@H]3O[C@@H](C)C[C@@H](O)[C@@H]3O)[C@H]2NC(C)=O)[C@H]1O. The van der Waals surface area contributed by atoms with E-state index in [0.29, 0.717) is 0 Å². The highest BCUT2D eigenvalue weighted by Gasteiger charge is 2.61. The van der Waals surface area contributed by atoms with Gasteiger partial charge in [0.2, 0.25) is 11.8 Å². The molecule has 5 rings (SSSR count). The number of carboxylic acid groups (broad SMARTS) is 1. The maximum atomic E-state index is 13.1. The Labute approximate surface area is 387 Å². The number of carboxylic acids is 1. The van der Waals surface area contributed by atoms with E-state index < -0.39 is 204 Å². The molecule has 0 aromatic heterocycles. The van der Waals surface area contributed by atoms with Crippen molar-refractivity contribution in [2.45, 2.75) is 193 Å². The van der Waals surface area contributed by atoms with E-state index in [1.807, 2.05) is 0 Å². The third kappa shape index (κ3) is 12.4. The molecule has 5 heterocycles. The van der Waals surface area contributed by atoms with Crippen LogP contribution in [0.2, 0.25) is 0 Å². The summed E-state index contributed by atoms with van der Waals surface area (Å²) in [6.45, 7) is 1.10. The molecule has 25 atom stereocenters. The molecule has 394 valence electrons. The van der Waals surface area contributed by atoms with Gasteiger partial charge in [0.15, 0.2) is 25.2 Å². The number of hydrogen-bond acceptors (Lipinski definition) is 26. The summed E-state index contributed by atoms with van der Waals surface area (Å²) in [7, 11) is 0. The lowest BCUT2D eigenvalue weighted by Crippen LogP contribution is -2.72. The zero-order chi connectivity index (χ0) is 50.5. The smallest absolute Gasteiger partial charge is 0.364 e. The fourth-order valence-corrected chi connectivity index (χ4v) is 8.77. The normalized spacial score (nSPS) is 45.5. The van der Waals surface area contributed by atoms with Gasteiger partial charge in [0.25, 0.3) is 5.79 Å². The predicted molar refractivity (Wildman–Crippen MR) is 214 cm³/mol. The van der Waals surface area contributed by atoms with Gasteiger partial charge in [0.05, 0.1) is 50.8 Å². The Hall–Kier alpha value is -2.51. The Bertz CT molecular complexity index is 1640. The second-order valence-electron chi connectivity index (χ2n) is 17.2. The number of aliphatic hydroxyl groups is 13. The van der Waals surface area contributed by atoms with Crippen molar-refractivity contribution in [1.29, 1.82) is 0 Å². The van der Waals surface area contributed by atoms with E-state index >= 15 is 0 Å². The third-order valence-electron chi connectivity index (χ3n) is 12.2. The molecule has 5 saturated heterocycles. The highest BCUT2D eigenvalue weighted by molar-refractivity contribution is 5.76. The first-order chi connectivity index (χ1) is 32.1. The monoisotopic (exact) mass is 994 g/mol. The van der Waals surface area contributed by atoms with E-state index in [1.165, 1.54) is 6.92 Å². The van der Waals surface area contributed by atoms with Crippen LogP contribution in [0.3, 0.4) is 0 Å². The van der Waals surface area contributed by atoms with Gasteiger partial charge in [0, 0.05) is 33.3 Å². The van der Waals surface area contributed by atoms with Crippen LogP contribution in [0.4, 0.5) is 0 Å². The van der Waals surface area contributed by atoms with E-state index in [1.54, 1.807) is 6.92 Å². The summed E-state index contributed by atoms with van der Waals surface area (Å²) in [4.78, 5) is 38.1. The molecule has 0 unspecified atom stereocenters. The van der Waals surface area contributed by atoms with Gasteiger partial charge >= 0.3 is 5.97 Å². The van der Waals surface area contributed by atoms with Crippen LogP contribution in [0.15, 0.2) is 0 Å². The second-order valence-corrected chi connectivity index (χ2v) is 17.2. The molecule has 5 fully saturated rings. The van der Waals surface area contributed by atoms with Crippen LogP contribution in [0.25, 0.3) is 0 Å². The van der Waals surface area contributed by atoms with Gasteiger partial charge in [-0.3, -0.25) is 9.59 Å². The first-order valence-electron chi connectivity index (χ1n) is 22.0. The molecule has 29 nitrogen and oxygen atoms in total. The maximum Gasteiger partial charge on any atom is 0.364 e. The van der Waals surface area contributed by atoms with E-state index in [-0.39, 0.29) is 13.0 Å². The number of aliphatic hydroxyl groups excluding tert-OH is 13. The number of carbonyl (C=O) groups excluding carboxylic acids is 2. The standard InChI is InChI=1S/C39H66N2O27/c1-5-59-35-27(55)32(25(53)18(9-43)61-35)66-34-22(41-14(4)47)31(65-36-24(52)15(48)6-12(2)60-36)29(20(11-45)63-34)64-37-28(56)33(26(54)19(10-44)62-37)68-39(38(57)58)7-16(49)21(40-13(3)46)30(67-39)23(51)17(50)8-42/h12,15-37,42-45,48-56H,5-11H2,1-4H3,(H,40,46)(H,41,47)(H,57,58)/t12-,15+,16-,17+,18+,19+,20+,21+,22+,23+,24-,25-,26-,27+,28+,29+,30+,31+,32-,33-,34-,35+,36-,37-,39-/m0/s1. The Balaban J connectivity index is 1.54. The lowest BCUT2D eigenvalue weighted by molar-refractivity contribution is -0.395. The molecule has 0 aromatic rings. The molecule has 0 radical (unpaired) electrons. The fourth-order valence-electron chi connectivity index (χ4n) is 8.77. The molecule has 68 heavy (non-hydrogen) atoms. The lowest BCUT2D eigenvalue weighted by Gasteiger charge is -2.52. The zero-order valence-corrected chi connectivity index (χ0v) is 37.4. The van der Waals surface area contributed by atoms with Crippen LogP contribution in [-0.4, -0.2) is 275 Å². The molecular weight excluding hydrogens is 928 g/mol. The third-order valence-corrected chi connectivity index (χ3v) is 12.2. The van der Waals surface area contributed by atoms with Gasteiger partial charge < -0.3 is 129 Å². The van der Waals surface area contributed by atoms with Crippen LogP contribution in [0.1, 0.15) is 40.5 Å². The summed E-state index contributed by atoms with van der Waals surface area (Å²) in [5.41, 5.74) is 0. The van der Waals surface area contributed by atoms with Crippen LogP contribution < -0.4 is 10.6 Å². The van der Waals surface area contributed by atoms with Crippen molar-refractivity contribution in [3.8, 4) is 0 Å². The number of rotatable bonds is 19. The average molecular weight is 995 g/mol. The molecule has 0 bridgehead atoms. The molecule has 0 aliphatic carbocycles. The molecule has 5 aliphatic rings. The van der Waals surface area contributed by atoms with Crippen molar-refractivity contribution in [3.05, 3.63) is 0 Å². The Morgan fingerprint density at radius 1 is 0.647 bits per heavy atom. The van der Waals surface area contributed by atoms with Gasteiger partial charge in [-0.05, 0) is 13.8 Å². The minimum atomic E-state index is -3.17. The number of nitrogens with one attached hydrogen (secondary N) is 2. The van der Waals surface area contributed by atoms with E-state index in [4.69, 9.17) is 47.4 Å². The zero-order valence-electron chi connectivity index (χ0n) is 37.4. The van der Waals surface area contributed by atoms with Crippen LogP contribution in [0.5, 0.6) is 0 Å². The summed E-state index contributed by atoms with van der Waals surface area (Å²) < 4.78 is 58.5. The van der Waals surface area contributed by atoms with E-state index in [9.17, 15) is 85.9 Å². The molecule has 0 spiro atoms. The molecule has 2 amide bonds. The summed E-state index contributed by atoms with van der Waals surface area (Å²) in [5.74, 6) is -6.83. The lowest BCUT2D eigenvalue weighted by atomic mass is 9.88. The topological polar surface area (TPSA) is 451 Å². The first-order valence-corrected chi connectivity index (χ1v) is 22.0. The number of amides is 2. The first kappa shape index (κ1) is 56.4. The summed E-state index contributed by atoms with van der Waals surface area (Å²) in [6.07, 6.45) is -41.6. The minimum absolute atomic E-state index is 0.00839. The van der Waals surface area contributed by atoms with E-state index in [2.05, 4.69) is 10.6 Å². The fraction of sp³-hybridized carbons (Fsp3) is 0.923. The van der Waals surface area contributed by atoms with Crippen molar-refractivity contribution in [2.75, 3.05) is 33.0 Å². The number of aliphatic carboxylic acids is 1. The largest absolute Gasteiger partial charge is 0.477 e. The minimum Gasteiger partial charge on any atom is -0.477 e. The summed E-state index contributed by atoms with van der Waals surface area (Å²) in [5, 5.41) is 156. The predicted octanol–water partition coefficient (Wildman–Crippen LogP) is -9.33. The Morgan fingerprint density at radius 2 is 1.16 bits per heavy atom. The second kappa shape index (κ2) is 24.3. The van der Waals surface area contributed by atoms with Crippen molar-refractivity contribution >= 4 is 17.8 Å². The number of hydrogen-bond donors (Lipinski definition) is 16. The molecule has 5 aliphatic heterocycles. The highest BCUT2D eigenvalue weighted by Crippen LogP contribution is 2.40. The van der Waals surface area contributed by atoms with Gasteiger partial charge in [-0.2, -0.15) is 0 Å². The van der Waals surface area contributed by atoms with Gasteiger partial charge in [-0.15, -0.1) is 0 Å². The molecule has 29 heteroatoms. The van der Waals surface area contributed by atoms with E-state index in [0.717, 1.165) is 13.8 Å². The van der Waals surface area contributed by atoms with Crippen LogP contribution in [-0.2, 0) is 61.8 Å². The Morgan fingerprint density at radius 3 is 1.72 bits per heavy atom. The summed E-state index contributed by atoms with van der Waals surface area (Å²) >= 11 is 0. The molecular formula is C39H66N2O27. The Kier molecular flexibility index (Phi) is 20.1. The summed E-state index contributed by atoms with van der Waals surface area (Å²) in [6, 6.07) is -3.34. The average Bonchev–Trinajstić information content (AvgIpc) is 3.28. The van der Waals surface area contributed by atoms with Crippen molar-refractivity contribution in [2.24, 2.45) is 0 Å². The number of carbonyl (C=O) groups is 3. The van der Waals surface area contributed by atoms with Crippen molar-refractivity contribution in [3.63, 3.8) is 0 Å². The molecule has 0 saturated carbocycles. The van der Waals surface area contributed by atoms with Crippen molar-refractivity contribution in [1.82, 2.24) is 10.6 Å². The number of ether oxygens (including phenoxy) is 10.